The van der Waals surface area contributed by atoms with E-state index in [-0.39, 0.29) is 13.2 Å². The molecule has 0 saturated carbocycles. The first-order valence-corrected chi connectivity index (χ1v) is 7.59. The summed E-state index contributed by atoms with van der Waals surface area (Å²) >= 11 is 0. The fourth-order valence-corrected chi connectivity index (χ4v) is 2.66. The first kappa shape index (κ1) is 15.8. The van der Waals surface area contributed by atoms with Crippen LogP contribution in [-0.2, 0) is 4.74 Å². The van der Waals surface area contributed by atoms with Gasteiger partial charge in [0.25, 0.3) is 0 Å². The molecular weight excluding hydrogens is 337 g/mol. The predicted molar refractivity (Wildman–Crippen MR) is 82.0 cm³/mol. The number of morpholine rings is 1. The van der Waals surface area contributed by atoms with E-state index in [2.05, 4.69) is 20.3 Å². The monoisotopic (exact) mass is 350 g/mol. The lowest BCUT2D eigenvalue weighted by Gasteiger charge is -2.34. The van der Waals surface area contributed by atoms with E-state index in [1.165, 1.54) is 4.52 Å². The van der Waals surface area contributed by atoms with E-state index in [0.717, 1.165) is 0 Å². The number of halogens is 3. The third-order valence-electron chi connectivity index (χ3n) is 3.90. The van der Waals surface area contributed by atoms with Gasteiger partial charge < -0.3 is 9.64 Å². The topological polar surface area (TPSA) is 68.4 Å². The first-order valence-electron chi connectivity index (χ1n) is 7.59. The summed E-state index contributed by atoms with van der Waals surface area (Å²) in [5, 5.41) is 12.5. The van der Waals surface area contributed by atoms with Crippen molar-refractivity contribution in [2.24, 2.45) is 0 Å². The van der Waals surface area contributed by atoms with Gasteiger partial charge in [-0.1, -0.05) is 6.07 Å². The molecule has 130 valence electrons. The number of aromatic nitrogens is 5. The number of anilines is 1. The number of alkyl halides is 3. The lowest BCUT2D eigenvalue weighted by molar-refractivity contribution is -0.221. The zero-order valence-corrected chi connectivity index (χ0v) is 12.9. The largest absolute Gasteiger partial charge is 0.416 e. The van der Waals surface area contributed by atoms with Gasteiger partial charge in [-0.25, -0.2) is 0 Å². The van der Waals surface area contributed by atoms with Crippen molar-refractivity contribution in [2.75, 3.05) is 24.6 Å². The van der Waals surface area contributed by atoms with Crippen molar-refractivity contribution in [1.82, 2.24) is 24.8 Å². The van der Waals surface area contributed by atoms with Gasteiger partial charge in [-0.2, -0.15) is 17.7 Å². The quantitative estimate of drug-likeness (QED) is 0.704. The smallest absolute Gasteiger partial charge is 0.365 e. The Morgan fingerprint density at radius 1 is 1.12 bits per heavy atom. The van der Waals surface area contributed by atoms with Gasteiger partial charge >= 0.3 is 6.18 Å². The zero-order chi connectivity index (χ0) is 17.4. The Labute approximate surface area is 140 Å². The van der Waals surface area contributed by atoms with Crippen molar-refractivity contribution in [3.63, 3.8) is 0 Å². The fraction of sp³-hybridized carbons (Fsp3) is 0.333. The van der Waals surface area contributed by atoms with E-state index in [9.17, 15) is 13.2 Å². The molecule has 3 aromatic rings. The lowest BCUT2D eigenvalue weighted by Crippen LogP contribution is -2.49. The highest BCUT2D eigenvalue weighted by molar-refractivity contribution is 5.56. The van der Waals surface area contributed by atoms with Crippen molar-refractivity contribution >= 4 is 11.5 Å². The Kier molecular flexibility index (Phi) is 3.75. The minimum atomic E-state index is -4.40. The van der Waals surface area contributed by atoms with Crippen LogP contribution in [0.4, 0.5) is 19.0 Å². The number of hydrogen-bond acceptors (Lipinski definition) is 6. The third kappa shape index (κ3) is 3.00. The molecule has 1 fully saturated rings. The summed E-state index contributed by atoms with van der Waals surface area (Å²) in [6, 6.07) is 8.64. The summed E-state index contributed by atoms with van der Waals surface area (Å²) in [6.45, 7) is 0.00829. The Morgan fingerprint density at radius 2 is 2.00 bits per heavy atom. The molecule has 25 heavy (non-hydrogen) atoms. The lowest BCUT2D eigenvalue weighted by atomic mass is 10.2. The van der Waals surface area contributed by atoms with Crippen LogP contribution in [0.15, 0.2) is 36.5 Å². The second-order valence-corrected chi connectivity index (χ2v) is 5.55. The molecule has 0 bridgehead atoms. The zero-order valence-electron chi connectivity index (χ0n) is 12.9. The van der Waals surface area contributed by atoms with E-state index in [1.54, 1.807) is 35.4 Å². The van der Waals surface area contributed by atoms with Crippen LogP contribution in [0.1, 0.15) is 0 Å². The summed E-state index contributed by atoms with van der Waals surface area (Å²) in [5.41, 5.74) is 1.07. The standard InChI is InChI=1S/C15H13F3N6O/c16-15(17,18)11-9-23(7-8-25-11)13-5-4-12-20-21-14(24(12)22-13)10-3-1-2-6-19-10/h1-6,11H,7-9H2/t11-/m0/s1. The molecule has 1 aliphatic heterocycles. The Morgan fingerprint density at radius 3 is 2.76 bits per heavy atom. The van der Waals surface area contributed by atoms with Crippen molar-refractivity contribution in [3.8, 4) is 11.5 Å². The summed E-state index contributed by atoms with van der Waals surface area (Å²) in [6.07, 6.45) is -4.61. The molecule has 4 heterocycles. The average molecular weight is 350 g/mol. The van der Waals surface area contributed by atoms with Gasteiger partial charge in [0.1, 0.15) is 11.5 Å². The molecule has 1 atom stereocenters. The van der Waals surface area contributed by atoms with E-state index in [0.29, 0.717) is 29.5 Å². The normalized spacial score (nSPS) is 18.7. The van der Waals surface area contributed by atoms with E-state index in [1.807, 2.05) is 6.07 Å². The van der Waals surface area contributed by atoms with Gasteiger partial charge in [-0.3, -0.25) is 4.98 Å². The second-order valence-electron chi connectivity index (χ2n) is 5.55. The number of ether oxygens (including phenoxy) is 1. The summed E-state index contributed by atoms with van der Waals surface area (Å²) in [4.78, 5) is 5.76. The average Bonchev–Trinajstić information content (AvgIpc) is 3.05. The first-order chi connectivity index (χ1) is 12.0. The number of rotatable bonds is 2. The summed E-state index contributed by atoms with van der Waals surface area (Å²) in [7, 11) is 0. The van der Waals surface area contributed by atoms with Crippen LogP contribution < -0.4 is 4.90 Å². The number of pyridine rings is 1. The summed E-state index contributed by atoms with van der Waals surface area (Å²) < 4.78 is 45.0. The molecular formula is C15H13F3N6O. The highest BCUT2D eigenvalue weighted by Gasteiger charge is 2.43. The summed E-state index contributed by atoms with van der Waals surface area (Å²) in [5.74, 6) is 0.833. The molecule has 3 aromatic heterocycles. The van der Waals surface area contributed by atoms with Crippen molar-refractivity contribution in [1.29, 1.82) is 0 Å². The molecule has 0 N–H and O–H groups in total. The molecule has 10 heteroatoms. The van der Waals surface area contributed by atoms with Crippen LogP contribution in [-0.4, -0.2) is 56.8 Å². The number of nitrogens with zero attached hydrogens (tertiary/aromatic N) is 6. The SMILES string of the molecule is FC(F)(F)[C@@H]1CN(c2ccc3nnc(-c4ccccn4)n3n2)CCO1. The van der Waals surface area contributed by atoms with Gasteiger partial charge in [0.05, 0.1) is 13.2 Å². The second kappa shape index (κ2) is 5.96. The maximum Gasteiger partial charge on any atom is 0.416 e. The molecule has 0 aliphatic carbocycles. The van der Waals surface area contributed by atoms with E-state index in [4.69, 9.17) is 4.74 Å². The van der Waals surface area contributed by atoms with Gasteiger partial charge in [-0.05, 0) is 24.3 Å². The highest BCUT2D eigenvalue weighted by atomic mass is 19.4. The molecule has 1 saturated heterocycles. The highest BCUT2D eigenvalue weighted by Crippen LogP contribution is 2.27. The van der Waals surface area contributed by atoms with Crippen LogP contribution >= 0.6 is 0 Å². The van der Waals surface area contributed by atoms with Crippen LogP contribution in [0.3, 0.4) is 0 Å². The fourth-order valence-electron chi connectivity index (χ4n) is 2.66. The molecule has 0 unspecified atom stereocenters. The van der Waals surface area contributed by atoms with Crippen LogP contribution in [0.5, 0.6) is 0 Å². The van der Waals surface area contributed by atoms with Crippen molar-refractivity contribution in [2.45, 2.75) is 12.3 Å². The molecule has 1 aliphatic rings. The van der Waals surface area contributed by atoms with Gasteiger partial charge in [0, 0.05) is 12.7 Å². The minimum Gasteiger partial charge on any atom is -0.365 e. The molecule has 0 radical (unpaired) electrons. The van der Waals surface area contributed by atoms with Crippen molar-refractivity contribution < 1.29 is 17.9 Å². The number of fused-ring (bicyclic) bond motifs is 1. The predicted octanol–water partition coefficient (Wildman–Crippen LogP) is 1.95. The van der Waals surface area contributed by atoms with Gasteiger partial charge in [0.2, 0.25) is 5.82 Å². The van der Waals surface area contributed by atoms with Crippen LogP contribution in [0, 0.1) is 0 Å². The third-order valence-corrected chi connectivity index (χ3v) is 3.90. The maximum atomic E-state index is 12.9. The molecule has 0 amide bonds. The number of hydrogen-bond donors (Lipinski definition) is 0. The minimum absolute atomic E-state index is 0.0147. The van der Waals surface area contributed by atoms with Crippen LogP contribution in [0.2, 0.25) is 0 Å². The van der Waals surface area contributed by atoms with Crippen molar-refractivity contribution in [3.05, 3.63) is 36.5 Å². The van der Waals surface area contributed by atoms with Crippen LogP contribution in [0.25, 0.3) is 17.2 Å². The van der Waals surface area contributed by atoms with Gasteiger partial charge in [-0.15, -0.1) is 15.3 Å². The van der Waals surface area contributed by atoms with E-state index < -0.39 is 12.3 Å². The molecule has 4 rings (SSSR count). The molecule has 0 spiro atoms. The van der Waals surface area contributed by atoms with E-state index >= 15 is 0 Å². The molecule has 0 aromatic carbocycles. The Balaban J connectivity index is 1.69. The Bertz CT molecular complexity index is 882. The maximum absolute atomic E-state index is 12.9. The Hall–Kier alpha value is -2.75. The van der Waals surface area contributed by atoms with Gasteiger partial charge in [0.15, 0.2) is 11.8 Å². The molecule has 7 nitrogen and oxygen atoms in total.